The maximum atomic E-state index is 13.1. The summed E-state index contributed by atoms with van der Waals surface area (Å²) in [6, 6.07) is 9.23. The van der Waals surface area contributed by atoms with Crippen LogP contribution in [0.3, 0.4) is 0 Å². The van der Waals surface area contributed by atoms with Crippen LogP contribution in [-0.2, 0) is 17.9 Å². The zero-order chi connectivity index (χ0) is 18.2. The maximum absolute atomic E-state index is 13.1. The highest BCUT2D eigenvalue weighted by Crippen LogP contribution is 2.10. The first-order valence-corrected chi connectivity index (χ1v) is 9.17. The van der Waals surface area contributed by atoms with Crippen LogP contribution in [0.25, 0.3) is 0 Å². The molecular formula is C19H22BrFN2O2. The topological polar surface area (TPSA) is 42.3 Å². The summed E-state index contributed by atoms with van der Waals surface area (Å²) in [5.74, 6) is -0.422. The minimum atomic E-state index is -0.298. The number of carbonyl (C=O) groups is 1. The van der Waals surface area contributed by atoms with Crippen molar-refractivity contribution in [3.05, 3.63) is 68.8 Å². The van der Waals surface area contributed by atoms with Crippen LogP contribution >= 0.6 is 15.9 Å². The molecule has 1 amide bonds. The van der Waals surface area contributed by atoms with Crippen molar-refractivity contribution in [2.75, 3.05) is 6.54 Å². The molecule has 0 radical (unpaired) electrons. The van der Waals surface area contributed by atoms with Gasteiger partial charge in [-0.2, -0.15) is 0 Å². The molecule has 1 heterocycles. The molecule has 0 aliphatic heterocycles. The molecule has 1 aromatic heterocycles. The zero-order valence-electron chi connectivity index (χ0n) is 14.3. The summed E-state index contributed by atoms with van der Waals surface area (Å²) >= 11 is 3.31. The number of rotatable bonds is 8. The molecule has 25 heavy (non-hydrogen) atoms. The number of hydrogen-bond donors (Lipinski definition) is 0. The van der Waals surface area contributed by atoms with Crippen molar-refractivity contribution >= 4 is 21.8 Å². The Labute approximate surface area is 155 Å². The van der Waals surface area contributed by atoms with Gasteiger partial charge in [-0.05, 0) is 46.1 Å². The van der Waals surface area contributed by atoms with E-state index >= 15 is 0 Å². The Hall–Kier alpha value is -1.95. The molecule has 2 aromatic rings. The number of aromatic nitrogens is 1. The van der Waals surface area contributed by atoms with Crippen molar-refractivity contribution in [3.8, 4) is 0 Å². The molecule has 6 heteroatoms. The van der Waals surface area contributed by atoms with Crippen molar-refractivity contribution in [2.24, 2.45) is 0 Å². The number of benzene rings is 1. The number of pyridine rings is 1. The Morgan fingerprint density at radius 1 is 1.16 bits per heavy atom. The fourth-order valence-electron chi connectivity index (χ4n) is 2.53. The molecule has 0 aliphatic carbocycles. The molecule has 0 saturated carbocycles. The Balaban J connectivity index is 2.12. The van der Waals surface area contributed by atoms with Gasteiger partial charge < -0.3 is 9.47 Å². The molecule has 4 nitrogen and oxygen atoms in total. The molecule has 134 valence electrons. The number of halogens is 2. The molecule has 0 bridgehead atoms. The van der Waals surface area contributed by atoms with E-state index in [4.69, 9.17) is 0 Å². The van der Waals surface area contributed by atoms with Gasteiger partial charge in [0.1, 0.15) is 12.4 Å². The molecule has 1 aromatic carbocycles. The van der Waals surface area contributed by atoms with Gasteiger partial charge in [0, 0.05) is 29.8 Å². The second-order valence-corrected chi connectivity index (χ2v) is 6.88. The van der Waals surface area contributed by atoms with Gasteiger partial charge in [-0.15, -0.1) is 0 Å². The van der Waals surface area contributed by atoms with Gasteiger partial charge in [0.05, 0.1) is 0 Å². The number of unbranched alkanes of at least 4 members (excludes halogenated alkanes) is 2. The second-order valence-electron chi connectivity index (χ2n) is 5.96. The second kappa shape index (κ2) is 9.51. The minimum Gasteiger partial charge on any atom is -0.337 e. The monoisotopic (exact) mass is 408 g/mol. The number of nitrogens with zero attached hydrogens (tertiary/aromatic N) is 2. The van der Waals surface area contributed by atoms with Crippen LogP contribution in [0, 0.1) is 5.82 Å². The highest BCUT2D eigenvalue weighted by atomic mass is 79.9. The van der Waals surface area contributed by atoms with E-state index in [-0.39, 0.29) is 23.8 Å². The van der Waals surface area contributed by atoms with E-state index in [0.717, 1.165) is 29.3 Å². The molecule has 0 saturated heterocycles. The molecular weight excluding hydrogens is 387 g/mol. The van der Waals surface area contributed by atoms with E-state index in [1.807, 2.05) is 0 Å². The lowest BCUT2D eigenvalue weighted by atomic mass is 10.2. The van der Waals surface area contributed by atoms with E-state index in [2.05, 4.69) is 22.9 Å². The van der Waals surface area contributed by atoms with Crippen molar-refractivity contribution in [1.29, 1.82) is 0 Å². The Morgan fingerprint density at radius 2 is 1.88 bits per heavy atom. The van der Waals surface area contributed by atoms with E-state index in [1.54, 1.807) is 29.3 Å². The van der Waals surface area contributed by atoms with Crippen molar-refractivity contribution in [1.82, 2.24) is 9.47 Å². The lowest BCUT2D eigenvalue weighted by Crippen LogP contribution is -2.36. The molecule has 2 rings (SSSR count). The predicted molar refractivity (Wildman–Crippen MR) is 99.7 cm³/mol. The van der Waals surface area contributed by atoms with Crippen LogP contribution in [0.5, 0.6) is 0 Å². The minimum absolute atomic E-state index is 0.00834. The van der Waals surface area contributed by atoms with E-state index < -0.39 is 0 Å². The maximum Gasteiger partial charge on any atom is 0.251 e. The first-order chi connectivity index (χ1) is 12.0. The molecule has 0 aliphatic rings. The van der Waals surface area contributed by atoms with E-state index in [1.165, 1.54) is 22.8 Å². The van der Waals surface area contributed by atoms with E-state index in [9.17, 15) is 14.0 Å². The van der Waals surface area contributed by atoms with Gasteiger partial charge in [-0.1, -0.05) is 31.9 Å². The van der Waals surface area contributed by atoms with Gasteiger partial charge in [0.25, 0.3) is 5.56 Å². The average Bonchev–Trinajstić information content (AvgIpc) is 2.59. The third-order valence-electron chi connectivity index (χ3n) is 3.92. The van der Waals surface area contributed by atoms with Gasteiger partial charge in [0.2, 0.25) is 5.91 Å². The standard InChI is InChI=1S/C19H22BrFN2O2/c1-2-3-4-11-22(12-15-5-8-17(21)9-6-15)19(25)14-23-13-16(20)7-10-18(23)24/h5-10,13H,2-4,11-12,14H2,1H3. The molecule has 0 fully saturated rings. The van der Waals surface area contributed by atoms with E-state index in [0.29, 0.717) is 13.1 Å². The number of amides is 1. The van der Waals surface area contributed by atoms with Crippen molar-refractivity contribution < 1.29 is 9.18 Å². The van der Waals surface area contributed by atoms with Crippen LogP contribution in [0.1, 0.15) is 31.7 Å². The van der Waals surface area contributed by atoms with Crippen LogP contribution < -0.4 is 5.56 Å². The normalized spacial score (nSPS) is 10.7. The van der Waals surface area contributed by atoms with Gasteiger partial charge in [-0.25, -0.2) is 4.39 Å². The SMILES string of the molecule is CCCCCN(Cc1ccc(F)cc1)C(=O)Cn1cc(Br)ccc1=O. The third-order valence-corrected chi connectivity index (χ3v) is 4.39. The van der Waals surface area contributed by atoms with Crippen LogP contribution in [-0.4, -0.2) is 21.9 Å². The largest absolute Gasteiger partial charge is 0.337 e. The number of carbonyl (C=O) groups excluding carboxylic acids is 1. The summed E-state index contributed by atoms with van der Waals surface area (Å²) in [4.78, 5) is 26.4. The van der Waals surface area contributed by atoms with Gasteiger partial charge in [-0.3, -0.25) is 9.59 Å². The zero-order valence-corrected chi connectivity index (χ0v) is 15.8. The van der Waals surface area contributed by atoms with Gasteiger partial charge in [0.15, 0.2) is 0 Å². The molecule has 0 unspecified atom stereocenters. The van der Waals surface area contributed by atoms with Crippen LogP contribution in [0.2, 0.25) is 0 Å². The summed E-state index contributed by atoms with van der Waals surface area (Å²) in [6.45, 7) is 3.12. The predicted octanol–water partition coefficient (Wildman–Crippen LogP) is 3.97. The lowest BCUT2D eigenvalue weighted by molar-refractivity contribution is -0.132. The third kappa shape index (κ3) is 6.12. The summed E-state index contributed by atoms with van der Waals surface area (Å²) in [5, 5.41) is 0. The number of hydrogen-bond acceptors (Lipinski definition) is 2. The summed E-state index contributed by atoms with van der Waals surface area (Å²) < 4.78 is 15.2. The quantitative estimate of drug-likeness (QED) is 0.620. The molecule has 0 atom stereocenters. The van der Waals surface area contributed by atoms with Crippen molar-refractivity contribution in [3.63, 3.8) is 0 Å². The summed E-state index contributed by atoms with van der Waals surface area (Å²) in [6.07, 6.45) is 4.60. The highest BCUT2D eigenvalue weighted by molar-refractivity contribution is 9.10. The molecule has 0 spiro atoms. The highest BCUT2D eigenvalue weighted by Gasteiger charge is 2.15. The molecule has 0 N–H and O–H groups in total. The lowest BCUT2D eigenvalue weighted by Gasteiger charge is -2.23. The van der Waals surface area contributed by atoms with Crippen LogP contribution in [0.4, 0.5) is 4.39 Å². The Kier molecular flexibility index (Phi) is 7.37. The van der Waals surface area contributed by atoms with Crippen molar-refractivity contribution in [2.45, 2.75) is 39.3 Å². The summed E-state index contributed by atoms with van der Waals surface area (Å²) in [5.41, 5.74) is 0.652. The first kappa shape index (κ1) is 19.4. The Bertz CT molecular complexity index is 759. The average molecular weight is 409 g/mol. The summed E-state index contributed by atoms with van der Waals surface area (Å²) in [7, 11) is 0. The fourth-order valence-corrected chi connectivity index (χ4v) is 2.91. The van der Waals surface area contributed by atoms with Gasteiger partial charge >= 0.3 is 0 Å². The fraction of sp³-hybridized carbons (Fsp3) is 0.368. The first-order valence-electron chi connectivity index (χ1n) is 8.38. The smallest absolute Gasteiger partial charge is 0.251 e. The Morgan fingerprint density at radius 3 is 2.56 bits per heavy atom. The van der Waals surface area contributed by atoms with Crippen LogP contribution in [0.15, 0.2) is 51.9 Å².